The molecule has 1 aromatic rings. The molecule has 2 saturated heterocycles. The number of anilines is 1. The van der Waals surface area contributed by atoms with Gasteiger partial charge in [0.1, 0.15) is 10.7 Å². The number of fused-ring (bicyclic) bond motifs is 1. The Balaban J connectivity index is 1.62. The molecule has 0 bridgehead atoms. The van der Waals surface area contributed by atoms with E-state index in [9.17, 15) is 0 Å². The lowest BCUT2D eigenvalue weighted by Gasteiger charge is -2.37. The van der Waals surface area contributed by atoms with Crippen LogP contribution in [0.3, 0.4) is 0 Å². The maximum atomic E-state index is 5.82. The van der Waals surface area contributed by atoms with Gasteiger partial charge in [-0.25, -0.2) is 0 Å². The smallest absolute Gasteiger partial charge is 0.132 e. The second-order valence-corrected chi connectivity index (χ2v) is 5.44. The molecule has 16 heavy (non-hydrogen) atoms. The number of rotatable bonds is 2. The van der Waals surface area contributed by atoms with Crippen LogP contribution in [0.1, 0.15) is 18.5 Å². The highest BCUT2D eigenvalue weighted by Crippen LogP contribution is 2.23. The van der Waals surface area contributed by atoms with Crippen molar-refractivity contribution >= 4 is 16.5 Å². The van der Waals surface area contributed by atoms with E-state index in [1.165, 1.54) is 37.5 Å². The molecule has 2 aliphatic heterocycles. The summed E-state index contributed by atoms with van der Waals surface area (Å²) in [7, 11) is 0. The summed E-state index contributed by atoms with van der Waals surface area (Å²) in [4.78, 5) is 5.07. The van der Waals surface area contributed by atoms with E-state index >= 15 is 0 Å². The minimum Gasteiger partial charge on any atom is -0.388 e. The summed E-state index contributed by atoms with van der Waals surface area (Å²) in [5.41, 5.74) is 6.78. The van der Waals surface area contributed by atoms with Gasteiger partial charge in [0.05, 0.1) is 0 Å². The number of piperazine rings is 1. The van der Waals surface area contributed by atoms with Crippen molar-refractivity contribution < 1.29 is 0 Å². The lowest BCUT2D eigenvalue weighted by Crippen LogP contribution is -2.49. The summed E-state index contributed by atoms with van der Waals surface area (Å²) in [5.74, 6) is 0. The highest BCUT2D eigenvalue weighted by Gasteiger charge is 2.30. The zero-order valence-electron chi connectivity index (χ0n) is 9.30. The number of hydrogen-bond donors (Lipinski definition) is 1. The number of hydrogen-bond acceptors (Lipinski definition) is 6. The van der Waals surface area contributed by atoms with Crippen LogP contribution in [0.25, 0.3) is 0 Å². The van der Waals surface area contributed by atoms with Crippen molar-refractivity contribution in [2.24, 2.45) is 0 Å². The Morgan fingerprint density at radius 1 is 1.38 bits per heavy atom. The summed E-state index contributed by atoms with van der Waals surface area (Å²) in [6.07, 6.45) is 2.71. The quantitative estimate of drug-likeness (QED) is 0.809. The Morgan fingerprint density at radius 2 is 2.31 bits per heavy atom. The number of nitrogens with two attached hydrogens (primary N) is 1. The average molecular weight is 239 g/mol. The standard InChI is InChI=1S/C10H17N5S/c11-10-9(12-13-16-10)7-14-4-5-15-3-1-2-8(15)6-14/h8H,1-7,11H2. The fourth-order valence-corrected chi connectivity index (χ4v) is 3.17. The first-order chi connectivity index (χ1) is 7.83. The topological polar surface area (TPSA) is 58.3 Å². The first-order valence-electron chi connectivity index (χ1n) is 5.86. The average Bonchev–Trinajstić information content (AvgIpc) is 2.88. The van der Waals surface area contributed by atoms with E-state index in [1.54, 1.807) is 0 Å². The van der Waals surface area contributed by atoms with Gasteiger partial charge < -0.3 is 5.73 Å². The van der Waals surface area contributed by atoms with E-state index in [2.05, 4.69) is 19.4 Å². The molecule has 0 aromatic carbocycles. The molecule has 0 saturated carbocycles. The maximum Gasteiger partial charge on any atom is 0.132 e. The minimum atomic E-state index is 0.765. The molecule has 1 unspecified atom stereocenters. The van der Waals surface area contributed by atoms with Crippen molar-refractivity contribution in [1.29, 1.82) is 0 Å². The van der Waals surface area contributed by atoms with Gasteiger partial charge in [0, 0.05) is 43.8 Å². The van der Waals surface area contributed by atoms with Crippen molar-refractivity contribution in [3.8, 4) is 0 Å². The fraction of sp³-hybridized carbons (Fsp3) is 0.800. The third-order valence-electron chi connectivity index (χ3n) is 3.63. The molecule has 0 amide bonds. The third kappa shape index (κ3) is 1.92. The van der Waals surface area contributed by atoms with Gasteiger partial charge >= 0.3 is 0 Å². The first-order valence-corrected chi connectivity index (χ1v) is 6.63. The van der Waals surface area contributed by atoms with Crippen LogP contribution in [0.5, 0.6) is 0 Å². The van der Waals surface area contributed by atoms with Crippen LogP contribution in [0.2, 0.25) is 0 Å². The lowest BCUT2D eigenvalue weighted by molar-refractivity contribution is 0.0986. The molecule has 2 fully saturated rings. The fourth-order valence-electron chi connectivity index (χ4n) is 2.74. The molecule has 3 rings (SSSR count). The van der Waals surface area contributed by atoms with Crippen LogP contribution < -0.4 is 5.73 Å². The summed E-state index contributed by atoms with van der Waals surface area (Å²) in [5, 5.41) is 4.86. The van der Waals surface area contributed by atoms with Gasteiger partial charge in [0.2, 0.25) is 0 Å². The van der Waals surface area contributed by atoms with E-state index in [0.717, 1.165) is 36.4 Å². The van der Waals surface area contributed by atoms with Gasteiger partial charge in [0.25, 0.3) is 0 Å². The van der Waals surface area contributed by atoms with Gasteiger partial charge in [0.15, 0.2) is 0 Å². The Labute approximate surface area is 99.4 Å². The normalized spacial score (nSPS) is 27.1. The molecule has 2 aliphatic rings. The predicted molar refractivity (Wildman–Crippen MR) is 64.2 cm³/mol. The summed E-state index contributed by atoms with van der Waals surface area (Å²) < 4.78 is 3.88. The van der Waals surface area contributed by atoms with E-state index in [0.29, 0.717) is 0 Å². The largest absolute Gasteiger partial charge is 0.388 e. The van der Waals surface area contributed by atoms with Gasteiger partial charge in [-0.05, 0) is 19.4 Å². The highest BCUT2D eigenvalue weighted by molar-refractivity contribution is 7.09. The van der Waals surface area contributed by atoms with Crippen LogP contribution >= 0.6 is 11.5 Å². The van der Waals surface area contributed by atoms with Crippen molar-refractivity contribution in [2.45, 2.75) is 25.4 Å². The molecule has 2 N–H and O–H groups in total. The minimum absolute atomic E-state index is 0.765. The Hall–Kier alpha value is -0.720. The zero-order chi connectivity index (χ0) is 11.0. The van der Waals surface area contributed by atoms with Crippen molar-refractivity contribution in [3.63, 3.8) is 0 Å². The van der Waals surface area contributed by atoms with Crippen molar-refractivity contribution in [3.05, 3.63) is 5.69 Å². The molecule has 1 atom stereocenters. The predicted octanol–water partition coefficient (Wildman–Crippen LogP) is 0.400. The first kappa shape index (κ1) is 10.4. The zero-order valence-corrected chi connectivity index (χ0v) is 10.1. The molecule has 1 aromatic heterocycles. The number of nitrogen functional groups attached to an aromatic ring is 1. The van der Waals surface area contributed by atoms with Crippen LogP contribution in [-0.2, 0) is 6.54 Å². The van der Waals surface area contributed by atoms with Crippen molar-refractivity contribution in [2.75, 3.05) is 31.9 Å². The molecule has 0 radical (unpaired) electrons. The third-order valence-corrected chi connectivity index (χ3v) is 4.23. The van der Waals surface area contributed by atoms with Gasteiger partial charge in [-0.3, -0.25) is 9.80 Å². The second-order valence-electron chi connectivity index (χ2n) is 4.65. The Morgan fingerprint density at radius 3 is 3.12 bits per heavy atom. The summed E-state index contributed by atoms with van der Waals surface area (Å²) in [6, 6.07) is 0.765. The molecule has 5 nitrogen and oxygen atoms in total. The van der Waals surface area contributed by atoms with Gasteiger partial charge in [-0.1, -0.05) is 4.49 Å². The molecule has 88 valence electrons. The van der Waals surface area contributed by atoms with E-state index in [4.69, 9.17) is 5.73 Å². The summed E-state index contributed by atoms with van der Waals surface area (Å²) in [6.45, 7) is 5.65. The highest BCUT2D eigenvalue weighted by atomic mass is 32.1. The molecular formula is C10H17N5S. The van der Waals surface area contributed by atoms with Crippen LogP contribution in [0.15, 0.2) is 0 Å². The molecule has 0 aliphatic carbocycles. The van der Waals surface area contributed by atoms with Crippen LogP contribution in [0.4, 0.5) is 5.00 Å². The number of nitrogens with zero attached hydrogens (tertiary/aromatic N) is 4. The molecule has 6 heteroatoms. The van der Waals surface area contributed by atoms with E-state index < -0.39 is 0 Å². The molecule has 3 heterocycles. The van der Waals surface area contributed by atoms with Gasteiger partial charge in [-0.2, -0.15) is 0 Å². The second kappa shape index (κ2) is 4.27. The Kier molecular flexibility index (Phi) is 2.79. The van der Waals surface area contributed by atoms with E-state index in [1.807, 2.05) is 0 Å². The monoisotopic (exact) mass is 239 g/mol. The molecular weight excluding hydrogens is 222 g/mol. The Bertz CT molecular complexity index is 366. The SMILES string of the molecule is Nc1snnc1CN1CCN2CCCC2C1. The van der Waals surface area contributed by atoms with Crippen LogP contribution in [-0.4, -0.2) is 51.6 Å². The summed E-state index contributed by atoms with van der Waals surface area (Å²) >= 11 is 1.29. The molecule has 0 spiro atoms. The van der Waals surface area contributed by atoms with Crippen LogP contribution in [0, 0.1) is 0 Å². The van der Waals surface area contributed by atoms with E-state index in [-0.39, 0.29) is 0 Å². The maximum absolute atomic E-state index is 5.82. The van der Waals surface area contributed by atoms with Gasteiger partial charge in [-0.15, -0.1) is 5.10 Å². The lowest BCUT2D eigenvalue weighted by atomic mass is 10.1. The number of aromatic nitrogens is 2. The van der Waals surface area contributed by atoms with Crippen molar-refractivity contribution in [1.82, 2.24) is 19.4 Å².